The Bertz CT molecular complexity index is 303. The number of hydrogen-bond acceptors (Lipinski definition) is 3. The van der Waals surface area contributed by atoms with Crippen LogP contribution in [0.2, 0.25) is 0 Å². The predicted molar refractivity (Wildman–Crippen MR) is 87.2 cm³/mol. The lowest BCUT2D eigenvalue weighted by atomic mass is 9.70. The molecule has 20 heavy (non-hydrogen) atoms. The molecule has 1 saturated carbocycles. The van der Waals surface area contributed by atoms with Crippen LogP contribution in [0.3, 0.4) is 0 Å². The van der Waals surface area contributed by atoms with Crippen LogP contribution in [0.5, 0.6) is 0 Å². The van der Waals surface area contributed by atoms with E-state index in [1.165, 1.54) is 51.7 Å². The summed E-state index contributed by atoms with van der Waals surface area (Å²) in [5, 5.41) is 3.66. The maximum atomic E-state index is 3.66. The quantitative estimate of drug-likeness (QED) is 0.858. The summed E-state index contributed by atoms with van der Waals surface area (Å²) in [6.07, 6.45) is 6.71. The van der Waals surface area contributed by atoms with E-state index in [1.54, 1.807) is 0 Å². The summed E-state index contributed by atoms with van der Waals surface area (Å²) in [4.78, 5) is 5.38. The Morgan fingerprint density at radius 3 is 2.60 bits per heavy atom. The van der Waals surface area contributed by atoms with Crippen LogP contribution in [0.4, 0.5) is 0 Å². The van der Waals surface area contributed by atoms with E-state index in [1.807, 2.05) is 0 Å². The van der Waals surface area contributed by atoms with Crippen molar-refractivity contribution in [1.82, 2.24) is 15.1 Å². The van der Waals surface area contributed by atoms with Gasteiger partial charge in [0.15, 0.2) is 0 Å². The van der Waals surface area contributed by atoms with E-state index in [9.17, 15) is 0 Å². The van der Waals surface area contributed by atoms with Crippen LogP contribution in [0.1, 0.15) is 52.9 Å². The first-order valence-corrected chi connectivity index (χ1v) is 8.61. The molecule has 3 unspecified atom stereocenters. The van der Waals surface area contributed by atoms with Crippen LogP contribution in [0.15, 0.2) is 0 Å². The molecule has 0 amide bonds. The second kappa shape index (κ2) is 6.76. The number of likely N-dealkylation sites (N-methyl/N-ethyl adjacent to an activating group) is 2. The molecule has 2 aliphatic rings. The highest BCUT2D eigenvalue weighted by Crippen LogP contribution is 2.38. The van der Waals surface area contributed by atoms with Gasteiger partial charge in [-0.25, -0.2) is 0 Å². The first-order valence-electron chi connectivity index (χ1n) is 8.61. The Morgan fingerprint density at radius 2 is 1.95 bits per heavy atom. The second-order valence-electron chi connectivity index (χ2n) is 7.63. The van der Waals surface area contributed by atoms with E-state index < -0.39 is 0 Å². The van der Waals surface area contributed by atoms with Gasteiger partial charge >= 0.3 is 0 Å². The summed E-state index contributed by atoms with van der Waals surface area (Å²) in [7, 11) is 4.45. The third-order valence-electron chi connectivity index (χ3n) is 5.70. The molecule has 3 nitrogen and oxygen atoms in total. The van der Waals surface area contributed by atoms with E-state index in [2.05, 4.69) is 50.0 Å². The maximum absolute atomic E-state index is 3.66. The van der Waals surface area contributed by atoms with Crippen molar-refractivity contribution in [3.8, 4) is 0 Å². The van der Waals surface area contributed by atoms with E-state index in [4.69, 9.17) is 0 Å². The van der Waals surface area contributed by atoms with Crippen molar-refractivity contribution in [2.45, 2.75) is 71.0 Å². The molecule has 1 aliphatic heterocycles. The van der Waals surface area contributed by atoms with E-state index >= 15 is 0 Å². The molecule has 0 aromatic rings. The number of nitrogens with zero attached hydrogens (tertiary/aromatic N) is 2. The molecular weight excluding hydrogens is 246 g/mol. The maximum Gasteiger partial charge on any atom is 0.0271 e. The fourth-order valence-electron chi connectivity index (χ4n) is 4.61. The zero-order valence-corrected chi connectivity index (χ0v) is 14.3. The number of rotatable bonds is 3. The van der Waals surface area contributed by atoms with Crippen LogP contribution in [0.25, 0.3) is 0 Å². The molecule has 118 valence electrons. The monoisotopic (exact) mass is 281 g/mol. The smallest absolute Gasteiger partial charge is 0.0271 e. The molecule has 0 aromatic carbocycles. The Hall–Kier alpha value is -0.120. The first-order chi connectivity index (χ1) is 9.49. The lowest BCUT2D eigenvalue weighted by molar-refractivity contribution is 0.0260. The first kappa shape index (κ1) is 16.3. The van der Waals surface area contributed by atoms with Gasteiger partial charge in [0.1, 0.15) is 0 Å². The van der Waals surface area contributed by atoms with E-state index in [0.29, 0.717) is 11.5 Å². The van der Waals surface area contributed by atoms with Gasteiger partial charge in [-0.3, -0.25) is 4.90 Å². The summed E-state index contributed by atoms with van der Waals surface area (Å²) >= 11 is 0. The summed E-state index contributed by atoms with van der Waals surface area (Å²) in [5.41, 5.74) is 0.425. The average Bonchev–Trinajstić information content (AvgIpc) is 2.58. The molecule has 2 fully saturated rings. The molecule has 1 aliphatic carbocycles. The van der Waals surface area contributed by atoms with Gasteiger partial charge in [0.25, 0.3) is 0 Å². The number of hydrogen-bond donors (Lipinski definition) is 1. The lowest BCUT2D eigenvalue weighted by Crippen LogP contribution is -2.60. The molecule has 0 aromatic heterocycles. The van der Waals surface area contributed by atoms with E-state index in [0.717, 1.165) is 12.1 Å². The third kappa shape index (κ3) is 3.37. The normalized spacial score (nSPS) is 36.8. The van der Waals surface area contributed by atoms with Crippen molar-refractivity contribution < 1.29 is 0 Å². The predicted octanol–water partition coefficient (Wildman–Crippen LogP) is 2.57. The lowest BCUT2D eigenvalue weighted by Gasteiger charge is -2.50. The van der Waals surface area contributed by atoms with Gasteiger partial charge in [-0.2, -0.15) is 0 Å². The van der Waals surface area contributed by atoms with Crippen LogP contribution < -0.4 is 5.32 Å². The standard InChI is InChI=1S/C17H35N3/c1-6-14-13-19(5)11-8-12-20(14)15-9-7-10-17(2,3)16(15)18-4/h14-16,18H,6-13H2,1-5H3. The highest BCUT2D eigenvalue weighted by Gasteiger charge is 2.42. The Kier molecular flexibility index (Phi) is 5.49. The van der Waals surface area contributed by atoms with Crippen LogP contribution in [-0.4, -0.2) is 61.7 Å². The van der Waals surface area contributed by atoms with Gasteiger partial charge in [-0.05, 0) is 51.7 Å². The van der Waals surface area contributed by atoms with Crippen molar-refractivity contribution in [3.05, 3.63) is 0 Å². The molecule has 0 radical (unpaired) electrons. The molecule has 3 heteroatoms. The average molecular weight is 281 g/mol. The minimum atomic E-state index is 0.425. The highest BCUT2D eigenvalue weighted by molar-refractivity contribution is 4.99. The van der Waals surface area contributed by atoms with Crippen molar-refractivity contribution in [1.29, 1.82) is 0 Å². The summed E-state index contributed by atoms with van der Waals surface area (Å²) < 4.78 is 0. The number of nitrogens with one attached hydrogen (secondary N) is 1. The molecule has 3 atom stereocenters. The fraction of sp³-hybridized carbons (Fsp3) is 1.00. The minimum Gasteiger partial charge on any atom is -0.315 e. The van der Waals surface area contributed by atoms with Crippen LogP contribution in [0, 0.1) is 5.41 Å². The SMILES string of the molecule is CCC1CN(C)CCCN1C1CCCC(C)(C)C1NC. The van der Waals surface area contributed by atoms with Crippen molar-refractivity contribution >= 4 is 0 Å². The largest absolute Gasteiger partial charge is 0.315 e. The minimum absolute atomic E-state index is 0.425. The van der Waals surface area contributed by atoms with Gasteiger partial charge in [0.2, 0.25) is 0 Å². The van der Waals surface area contributed by atoms with Gasteiger partial charge in [0.05, 0.1) is 0 Å². The van der Waals surface area contributed by atoms with Gasteiger partial charge in [0, 0.05) is 31.2 Å². The zero-order valence-electron chi connectivity index (χ0n) is 14.3. The zero-order chi connectivity index (χ0) is 14.8. The topological polar surface area (TPSA) is 18.5 Å². The van der Waals surface area contributed by atoms with Crippen molar-refractivity contribution in [2.24, 2.45) is 5.41 Å². The van der Waals surface area contributed by atoms with Gasteiger partial charge < -0.3 is 10.2 Å². The Labute approximate surface area is 126 Å². The van der Waals surface area contributed by atoms with Crippen LogP contribution >= 0.6 is 0 Å². The third-order valence-corrected chi connectivity index (χ3v) is 5.70. The molecule has 1 saturated heterocycles. The summed E-state index contributed by atoms with van der Waals surface area (Å²) in [5.74, 6) is 0. The van der Waals surface area contributed by atoms with Crippen LogP contribution in [-0.2, 0) is 0 Å². The van der Waals surface area contributed by atoms with Crippen molar-refractivity contribution in [2.75, 3.05) is 33.7 Å². The van der Waals surface area contributed by atoms with Gasteiger partial charge in [-0.15, -0.1) is 0 Å². The molecule has 0 spiro atoms. The van der Waals surface area contributed by atoms with Gasteiger partial charge in [-0.1, -0.05) is 27.2 Å². The molecule has 0 bridgehead atoms. The Morgan fingerprint density at radius 1 is 1.20 bits per heavy atom. The Balaban J connectivity index is 2.17. The molecular formula is C17H35N3. The van der Waals surface area contributed by atoms with E-state index in [-0.39, 0.29) is 0 Å². The van der Waals surface area contributed by atoms with Crippen molar-refractivity contribution in [3.63, 3.8) is 0 Å². The molecule has 2 rings (SSSR count). The fourth-order valence-corrected chi connectivity index (χ4v) is 4.61. The summed E-state index contributed by atoms with van der Waals surface area (Å²) in [6, 6.07) is 2.09. The molecule has 1 N–H and O–H groups in total. The highest BCUT2D eigenvalue weighted by atomic mass is 15.3. The summed E-state index contributed by atoms with van der Waals surface area (Å²) in [6.45, 7) is 11.0. The molecule has 1 heterocycles. The second-order valence-corrected chi connectivity index (χ2v) is 7.63.